The smallest absolute Gasteiger partial charge is 0.324 e. The Balaban J connectivity index is 2.18. The van der Waals surface area contributed by atoms with Crippen molar-refractivity contribution >= 4 is 27.9 Å². The Hall–Kier alpha value is -1.36. The lowest BCUT2D eigenvalue weighted by molar-refractivity contribution is -0.125. The summed E-state index contributed by atoms with van der Waals surface area (Å²) in [5.41, 5.74) is 0.919. The van der Waals surface area contributed by atoms with Gasteiger partial charge in [-0.05, 0) is 11.6 Å². The predicted octanol–water partition coefficient (Wildman–Crippen LogP) is 1.50. The summed E-state index contributed by atoms with van der Waals surface area (Å²) in [6.07, 6.45) is 0. The molecule has 0 atom stereocenters. The number of hydrogen-bond acceptors (Lipinski definition) is 2. The summed E-state index contributed by atoms with van der Waals surface area (Å²) >= 11 is 3.37. The normalized spacial score (nSPS) is 15.7. The summed E-state index contributed by atoms with van der Waals surface area (Å²) in [4.78, 5) is 23.8. The van der Waals surface area contributed by atoms with Crippen LogP contribution in [0.25, 0.3) is 0 Å². The van der Waals surface area contributed by atoms with Crippen molar-refractivity contribution in [1.29, 1.82) is 0 Å². The fourth-order valence-electron chi connectivity index (χ4n) is 1.41. The molecule has 3 amide bonds. The third-order valence-corrected chi connectivity index (χ3v) is 3.00. The maximum atomic E-state index is 11.3. The summed E-state index contributed by atoms with van der Waals surface area (Å²) in [5, 5.41) is 2.48. The van der Waals surface area contributed by atoms with Gasteiger partial charge in [0.2, 0.25) is 5.91 Å². The zero-order valence-electron chi connectivity index (χ0n) is 7.87. The molecule has 1 heterocycles. The highest BCUT2D eigenvalue weighted by atomic mass is 79.9. The second kappa shape index (κ2) is 4.02. The number of benzene rings is 1. The predicted molar refractivity (Wildman–Crippen MR) is 58.1 cm³/mol. The van der Waals surface area contributed by atoms with E-state index in [0.717, 1.165) is 10.0 Å². The molecule has 2 rings (SSSR count). The SMILES string of the molecule is O=C1CNC(=O)N1Cc1ccccc1Br. The van der Waals surface area contributed by atoms with Crippen molar-refractivity contribution in [3.63, 3.8) is 0 Å². The molecule has 0 bridgehead atoms. The molecule has 0 spiro atoms. The topological polar surface area (TPSA) is 49.4 Å². The van der Waals surface area contributed by atoms with Crippen LogP contribution in [0.15, 0.2) is 28.7 Å². The van der Waals surface area contributed by atoms with E-state index < -0.39 is 0 Å². The Morgan fingerprint density at radius 3 is 2.67 bits per heavy atom. The number of amides is 3. The van der Waals surface area contributed by atoms with Crippen LogP contribution in [0.2, 0.25) is 0 Å². The lowest BCUT2D eigenvalue weighted by atomic mass is 10.2. The molecule has 1 aliphatic rings. The minimum Gasteiger partial charge on any atom is -0.329 e. The van der Waals surface area contributed by atoms with Gasteiger partial charge in [0.25, 0.3) is 0 Å². The minimum atomic E-state index is -0.323. The number of carbonyl (C=O) groups is 2. The molecule has 4 nitrogen and oxygen atoms in total. The molecule has 0 unspecified atom stereocenters. The molecule has 1 aromatic rings. The standard InChI is InChI=1S/C10H9BrN2O2/c11-8-4-2-1-3-7(8)6-13-9(14)5-12-10(13)15/h1-4H,5-6H2,(H,12,15). The molecule has 1 fully saturated rings. The van der Waals surface area contributed by atoms with Gasteiger partial charge in [-0.15, -0.1) is 0 Å². The van der Waals surface area contributed by atoms with Crippen LogP contribution in [0.5, 0.6) is 0 Å². The Bertz CT molecular complexity index is 404. The van der Waals surface area contributed by atoms with Crippen molar-refractivity contribution in [2.75, 3.05) is 6.54 Å². The van der Waals surface area contributed by atoms with Gasteiger partial charge < -0.3 is 5.32 Å². The molecular formula is C10H9BrN2O2. The summed E-state index contributed by atoms with van der Waals surface area (Å²) < 4.78 is 0.900. The van der Waals surface area contributed by atoms with Gasteiger partial charge in [0.15, 0.2) is 0 Å². The zero-order valence-corrected chi connectivity index (χ0v) is 9.45. The lowest BCUT2D eigenvalue weighted by Gasteiger charge is -2.13. The van der Waals surface area contributed by atoms with Crippen LogP contribution in [-0.2, 0) is 11.3 Å². The van der Waals surface area contributed by atoms with Crippen molar-refractivity contribution in [2.24, 2.45) is 0 Å². The van der Waals surface area contributed by atoms with Gasteiger partial charge in [-0.3, -0.25) is 9.69 Å². The Kier molecular flexibility index (Phi) is 2.73. The van der Waals surface area contributed by atoms with Crippen LogP contribution in [-0.4, -0.2) is 23.4 Å². The van der Waals surface area contributed by atoms with Crippen molar-refractivity contribution in [2.45, 2.75) is 6.54 Å². The van der Waals surface area contributed by atoms with E-state index in [2.05, 4.69) is 21.2 Å². The molecule has 1 aliphatic heterocycles. The van der Waals surface area contributed by atoms with E-state index >= 15 is 0 Å². The monoisotopic (exact) mass is 268 g/mol. The van der Waals surface area contributed by atoms with Crippen LogP contribution in [0.1, 0.15) is 5.56 Å². The number of hydrogen-bond donors (Lipinski definition) is 1. The van der Waals surface area contributed by atoms with E-state index in [-0.39, 0.29) is 18.5 Å². The molecule has 1 saturated heterocycles. The summed E-state index contributed by atoms with van der Waals surface area (Å²) in [5.74, 6) is -0.184. The molecule has 1 N–H and O–H groups in total. The van der Waals surface area contributed by atoms with Crippen molar-refractivity contribution in [1.82, 2.24) is 10.2 Å². The molecule has 15 heavy (non-hydrogen) atoms. The van der Waals surface area contributed by atoms with E-state index in [0.29, 0.717) is 6.54 Å². The van der Waals surface area contributed by atoms with Crippen LogP contribution in [0.3, 0.4) is 0 Å². The zero-order chi connectivity index (χ0) is 10.8. The highest BCUT2D eigenvalue weighted by Gasteiger charge is 2.28. The van der Waals surface area contributed by atoms with Crippen molar-refractivity contribution in [3.05, 3.63) is 34.3 Å². The summed E-state index contributed by atoms with van der Waals surface area (Å²) in [6.45, 7) is 0.412. The second-order valence-corrected chi connectivity index (χ2v) is 4.08. The highest BCUT2D eigenvalue weighted by Crippen LogP contribution is 2.18. The Morgan fingerprint density at radius 1 is 1.33 bits per heavy atom. The third kappa shape index (κ3) is 2.02. The number of urea groups is 1. The first-order valence-corrected chi connectivity index (χ1v) is 5.29. The van der Waals surface area contributed by atoms with E-state index in [1.54, 1.807) is 0 Å². The Morgan fingerprint density at radius 2 is 2.07 bits per heavy atom. The van der Waals surface area contributed by atoms with Crippen LogP contribution < -0.4 is 5.32 Å². The summed E-state index contributed by atoms with van der Waals surface area (Å²) in [7, 11) is 0. The average Bonchev–Trinajstić information content (AvgIpc) is 2.53. The first-order chi connectivity index (χ1) is 7.18. The number of halogens is 1. The van der Waals surface area contributed by atoms with Gasteiger partial charge in [-0.1, -0.05) is 34.1 Å². The second-order valence-electron chi connectivity index (χ2n) is 3.23. The van der Waals surface area contributed by atoms with Gasteiger partial charge in [-0.2, -0.15) is 0 Å². The van der Waals surface area contributed by atoms with Crippen molar-refractivity contribution < 1.29 is 9.59 Å². The minimum absolute atomic E-state index is 0.100. The highest BCUT2D eigenvalue weighted by molar-refractivity contribution is 9.10. The van der Waals surface area contributed by atoms with Gasteiger partial charge >= 0.3 is 6.03 Å². The van der Waals surface area contributed by atoms with Gasteiger partial charge in [0.1, 0.15) is 0 Å². The van der Waals surface area contributed by atoms with Crippen LogP contribution in [0.4, 0.5) is 4.79 Å². The molecule has 0 aromatic heterocycles. The molecular weight excluding hydrogens is 260 g/mol. The first kappa shape index (κ1) is 10.2. The fourth-order valence-corrected chi connectivity index (χ4v) is 1.82. The molecule has 1 aromatic carbocycles. The van der Waals surface area contributed by atoms with E-state index in [9.17, 15) is 9.59 Å². The number of nitrogens with one attached hydrogen (secondary N) is 1. The van der Waals surface area contributed by atoms with E-state index in [1.165, 1.54) is 4.90 Å². The van der Waals surface area contributed by atoms with Crippen LogP contribution in [0, 0.1) is 0 Å². The molecule has 0 saturated carbocycles. The maximum absolute atomic E-state index is 11.3. The van der Waals surface area contributed by atoms with Gasteiger partial charge in [0, 0.05) is 4.47 Å². The quantitative estimate of drug-likeness (QED) is 0.827. The third-order valence-electron chi connectivity index (χ3n) is 2.22. The van der Waals surface area contributed by atoms with Gasteiger partial charge in [-0.25, -0.2) is 4.79 Å². The number of nitrogens with zero attached hydrogens (tertiary/aromatic N) is 1. The average molecular weight is 269 g/mol. The largest absolute Gasteiger partial charge is 0.329 e. The number of imide groups is 1. The van der Waals surface area contributed by atoms with Crippen molar-refractivity contribution in [3.8, 4) is 0 Å². The van der Waals surface area contributed by atoms with Crippen LogP contribution >= 0.6 is 15.9 Å². The fraction of sp³-hybridized carbons (Fsp3) is 0.200. The Labute approximate surface area is 95.4 Å². The van der Waals surface area contributed by atoms with E-state index in [4.69, 9.17) is 0 Å². The molecule has 5 heteroatoms. The molecule has 0 aliphatic carbocycles. The van der Waals surface area contributed by atoms with Gasteiger partial charge in [0.05, 0.1) is 13.1 Å². The summed E-state index contributed by atoms with van der Waals surface area (Å²) in [6, 6.07) is 7.20. The maximum Gasteiger partial charge on any atom is 0.324 e. The molecule has 0 radical (unpaired) electrons. The first-order valence-electron chi connectivity index (χ1n) is 4.50. The number of rotatable bonds is 2. The van der Waals surface area contributed by atoms with E-state index in [1.807, 2.05) is 24.3 Å². The lowest BCUT2D eigenvalue weighted by Crippen LogP contribution is -2.30. The number of carbonyl (C=O) groups excluding carboxylic acids is 2. The molecule has 78 valence electrons.